The van der Waals surface area contributed by atoms with Crippen LogP contribution in [-0.2, 0) is 18.3 Å². The number of nitriles is 2. The molecular weight excluding hydrogens is 268 g/mol. The molecule has 0 N–H and O–H groups in total. The van der Waals surface area contributed by atoms with Crippen molar-refractivity contribution in [1.29, 1.82) is 10.5 Å². The average Bonchev–Trinajstić information content (AvgIpc) is 2.51. The van der Waals surface area contributed by atoms with Crippen molar-refractivity contribution in [1.82, 2.24) is 0 Å². The van der Waals surface area contributed by atoms with Crippen LogP contribution in [0.25, 0.3) is 0 Å². The first-order chi connectivity index (χ1) is 10.5. The molecule has 0 saturated carbocycles. The van der Waals surface area contributed by atoms with Gasteiger partial charge in [-0.3, -0.25) is 0 Å². The van der Waals surface area contributed by atoms with Gasteiger partial charge in [-0.25, -0.2) is 0 Å². The predicted molar refractivity (Wildman–Crippen MR) is 88.4 cm³/mol. The molecule has 0 aromatic heterocycles. The van der Waals surface area contributed by atoms with Crippen LogP contribution in [0.15, 0.2) is 42.5 Å². The van der Waals surface area contributed by atoms with Gasteiger partial charge in [0.15, 0.2) is 0 Å². The lowest BCUT2D eigenvalue weighted by atomic mass is 9.86. The van der Waals surface area contributed by atoms with Crippen molar-refractivity contribution >= 4 is 0 Å². The largest absolute Gasteiger partial charge is 0.192 e. The highest BCUT2D eigenvalue weighted by atomic mass is 14.3. The van der Waals surface area contributed by atoms with Crippen LogP contribution in [0.3, 0.4) is 0 Å². The van der Waals surface area contributed by atoms with E-state index in [9.17, 15) is 5.26 Å². The molecule has 0 spiro atoms. The van der Waals surface area contributed by atoms with E-state index in [0.717, 1.165) is 18.4 Å². The normalized spacial score (nSPS) is 10.8. The molecule has 2 heteroatoms. The zero-order valence-electron chi connectivity index (χ0n) is 13.4. The van der Waals surface area contributed by atoms with Crippen LogP contribution >= 0.6 is 0 Å². The molecule has 110 valence electrons. The third-order valence-electron chi connectivity index (χ3n) is 3.89. The summed E-state index contributed by atoms with van der Waals surface area (Å²) >= 11 is 0. The van der Waals surface area contributed by atoms with Gasteiger partial charge in [0, 0.05) is 0 Å². The first kappa shape index (κ1) is 15.8. The van der Waals surface area contributed by atoms with E-state index in [2.05, 4.69) is 57.2 Å². The fraction of sp³-hybridized carbons (Fsp3) is 0.300. The molecule has 0 unspecified atom stereocenters. The van der Waals surface area contributed by atoms with Crippen molar-refractivity contribution in [3.63, 3.8) is 0 Å². The number of rotatable bonds is 3. The van der Waals surface area contributed by atoms with E-state index in [4.69, 9.17) is 5.26 Å². The third kappa shape index (κ3) is 3.54. The van der Waals surface area contributed by atoms with E-state index >= 15 is 0 Å². The minimum Gasteiger partial charge on any atom is -0.192 e. The number of hydrogen-bond donors (Lipinski definition) is 0. The zero-order valence-corrected chi connectivity index (χ0v) is 13.4. The Kier molecular flexibility index (Phi) is 4.64. The molecule has 2 nitrogen and oxygen atoms in total. The van der Waals surface area contributed by atoms with E-state index in [1.807, 2.05) is 12.1 Å². The maximum Gasteiger partial charge on any atom is 0.101 e. The quantitative estimate of drug-likeness (QED) is 0.834. The van der Waals surface area contributed by atoms with Gasteiger partial charge >= 0.3 is 0 Å². The lowest BCUT2D eigenvalue weighted by Crippen LogP contribution is -2.10. The number of aryl methyl sites for hydroxylation is 2. The molecule has 0 heterocycles. The molecule has 2 aromatic rings. The highest BCUT2D eigenvalue weighted by molar-refractivity contribution is 5.50. The predicted octanol–water partition coefficient (Wildman–Crippen LogP) is 4.51. The minimum atomic E-state index is 0.160. The van der Waals surface area contributed by atoms with Crippen LogP contribution in [0, 0.1) is 22.7 Å². The van der Waals surface area contributed by atoms with E-state index in [0.29, 0.717) is 11.1 Å². The Hall–Kier alpha value is -2.58. The second kappa shape index (κ2) is 6.46. The Morgan fingerprint density at radius 2 is 1.55 bits per heavy atom. The van der Waals surface area contributed by atoms with Crippen LogP contribution in [-0.4, -0.2) is 0 Å². The van der Waals surface area contributed by atoms with Gasteiger partial charge in [0.2, 0.25) is 0 Å². The average molecular weight is 288 g/mol. The topological polar surface area (TPSA) is 47.6 Å². The highest BCUT2D eigenvalue weighted by Crippen LogP contribution is 2.23. The van der Waals surface area contributed by atoms with E-state index in [1.54, 1.807) is 6.07 Å². The summed E-state index contributed by atoms with van der Waals surface area (Å²) in [4.78, 5) is 0. The molecule has 0 radical (unpaired) electrons. The van der Waals surface area contributed by atoms with Crippen molar-refractivity contribution in [2.45, 2.75) is 39.0 Å². The van der Waals surface area contributed by atoms with Crippen molar-refractivity contribution in [3.05, 3.63) is 70.3 Å². The van der Waals surface area contributed by atoms with Crippen LogP contribution in [0.4, 0.5) is 0 Å². The molecule has 2 rings (SSSR count). The molecular formula is C20H20N2. The standard InChI is InChI=1S/C20H20N2/c1-20(2,3)18-11-8-15(9-12-18)7-10-16-5-4-6-17(13-21)19(16)14-22/h4-6,8-9,11-12H,7,10H2,1-3H3. The van der Waals surface area contributed by atoms with Gasteiger partial charge < -0.3 is 0 Å². The molecule has 0 aliphatic carbocycles. The molecule has 22 heavy (non-hydrogen) atoms. The van der Waals surface area contributed by atoms with Crippen LogP contribution in [0.2, 0.25) is 0 Å². The molecule has 0 fully saturated rings. The van der Waals surface area contributed by atoms with Crippen molar-refractivity contribution in [3.8, 4) is 12.1 Å². The fourth-order valence-corrected chi connectivity index (χ4v) is 2.48. The van der Waals surface area contributed by atoms with Gasteiger partial charge in [-0.15, -0.1) is 0 Å². The molecule has 0 aliphatic heterocycles. The summed E-state index contributed by atoms with van der Waals surface area (Å²) in [6.07, 6.45) is 1.64. The first-order valence-electron chi connectivity index (χ1n) is 7.47. The van der Waals surface area contributed by atoms with Crippen LogP contribution in [0.1, 0.15) is 48.6 Å². The van der Waals surface area contributed by atoms with Crippen molar-refractivity contribution in [2.75, 3.05) is 0 Å². The lowest BCUT2D eigenvalue weighted by Gasteiger charge is -2.19. The Labute approximate surface area is 132 Å². The lowest BCUT2D eigenvalue weighted by molar-refractivity contribution is 0.590. The fourth-order valence-electron chi connectivity index (χ4n) is 2.48. The maximum atomic E-state index is 9.25. The summed E-state index contributed by atoms with van der Waals surface area (Å²) in [5.41, 5.74) is 4.65. The molecule has 0 atom stereocenters. The number of nitrogens with zero attached hydrogens (tertiary/aromatic N) is 2. The Morgan fingerprint density at radius 1 is 0.864 bits per heavy atom. The van der Waals surface area contributed by atoms with Crippen molar-refractivity contribution in [2.24, 2.45) is 0 Å². The summed E-state index contributed by atoms with van der Waals surface area (Å²) in [6.45, 7) is 6.61. The Bertz CT molecular complexity index is 735. The summed E-state index contributed by atoms with van der Waals surface area (Å²) in [5, 5.41) is 18.3. The van der Waals surface area contributed by atoms with Crippen LogP contribution in [0.5, 0.6) is 0 Å². The SMILES string of the molecule is CC(C)(C)c1ccc(CCc2cccc(C#N)c2C#N)cc1. The monoisotopic (exact) mass is 288 g/mol. The smallest absolute Gasteiger partial charge is 0.101 e. The highest BCUT2D eigenvalue weighted by Gasteiger charge is 2.13. The summed E-state index contributed by atoms with van der Waals surface area (Å²) in [7, 11) is 0. The summed E-state index contributed by atoms with van der Waals surface area (Å²) in [5.74, 6) is 0. The van der Waals surface area contributed by atoms with Gasteiger partial charge in [0.05, 0.1) is 11.1 Å². The Balaban J connectivity index is 2.15. The minimum absolute atomic E-state index is 0.160. The molecule has 0 aliphatic rings. The first-order valence-corrected chi connectivity index (χ1v) is 7.47. The zero-order chi connectivity index (χ0) is 16.2. The molecule has 2 aromatic carbocycles. The van der Waals surface area contributed by atoms with E-state index in [1.165, 1.54) is 11.1 Å². The van der Waals surface area contributed by atoms with Gasteiger partial charge in [-0.1, -0.05) is 57.2 Å². The maximum absolute atomic E-state index is 9.25. The Morgan fingerprint density at radius 3 is 2.09 bits per heavy atom. The molecule has 0 amide bonds. The second-order valence-electron chi connectivity index (χ2n) is 6.51. The number of hydrogen-bond acceptors (Lipinski definition) is 2. The molecule has 0 saturated heterocycles. The van der Waals surface area contributed by atoms with E-state index < -0.39 is 0 Å². The summed E-state index contributed by atoms with van der Waals surface area (Å²) < 4.78 is 0. The van der Waals surface area contributed by atoms with Crippen LogP contribution < -0.4 is 0 Å². The molecule has 0 bridgehead atoms. The van der Waals surface area contributed by atoms with Gasteiger partial charge in [-0.2, -0.15) is 10.5 Å². The van der Waals surface area contributed by atoms with E-state index in [-0.39, 0.29) is 5.41 Å². The van der Waals surface area contributed by atoms with Gasteiger partial charge in [-0.05, 0) is 41.0 Å². The van der Waals surface area contributed by atoms with Gasteiger partial charge in [0.1, 0.15) is 12.1 Å². The summed E-state index contributed by atoms with van der Waals surface area (Å²) in [6, 6.07) is 18.4. The van der Waals surface area contributed by atoms with Crippen molar-refractivity contribution < 1.29 is 0 Å². The van der Waals surface area contributed by atoms with Gasteiger partial charge in [0.25, 0.3) is 0 Å². The second-order valence-corrected chi connectivity index (χ2v) is 6.51. The third-order valence-corrected chi connectivity index (χ3v) is 3.89. The number of benzene rings is 2.